The molecule has 3 N–H and O–H groups in total. The molecule has 0 aromatic heterocycles. The van der Waals surface area contributed by atoms with E-state index in [-0.39, 0.29) is 13.2 Å². The summed E-state index contributed by atoms with van der Waals surface area (Å²) in [6.07, 6.45) is 3.26. The molecule has 1 atom stereocenters. The molecule has 0 aromatic rings. The Morgan fingerprint density at radius 3 is 2.27 bits per heavy atom. The van der Waals surface area contributed by atoms with E-state index in [1.807, 2.05) is 13.8 Å². The lowest BCUT2D eigenvalue weighted by molar-refractivity contribution is 0.0387. The molecule has 6 heteroatoms. The number of rotatable bonds is 8. The molecule has 0 fully saturated rings. The molecule has 0 aliphatic rings. The van der Waals surface area contributed by atoms with Gasteiger partial charge in [0, 0.05) is 5.41 Å². The van der Waals surface area contributed by atoms with Gasteiger partial charge in [0.15, 0.2) is 0 Å². The van der Waals surface area contributed by atoms with Crippen LogP contribution in [0.2, 0.25) is 0 Å². The molecule has 92 valence electrons. The zero-order chi connectivity index (χ0) is 11.9. The first-order valence-corrected chi connectivity index (χ1v) is 6.73. The summed E-state index contributed by atoms with van der Waals surface area (Å²) in [7, 11) is -4.43. The average molecular weight is 240 g/mol. The molecule has 0 rings (SSSR count). The highest BCUT2D eigenvalue weighted by Crippen LogP contribution is 2.40. The van der Waals surface area contributed by atoms with Gasteiger partial charge in [-0.25, -0.2) is 4.57 Å². The molecular weight excluding hydrogens is 219 g/mol. The molecule has 1 unspecified atom stereocenters. The van der Waals surface area contributed by atoms with E-state index in [4.69, 9.17) is 9.79 Å². The number of aliphatic hydroxyl groups is 1. The maximum Gasteiger partial charge on any atom is 0.469 e. The zero-order valence-electron chi connectivity index (χ0n) is 9.35. The lowest BCUT2D eigenvalue weighted by Gasteiger charge is -2.30. The van der Waals surface area contributed by atoms with Crippen LogP contribution >= 0.6 is 7.82 Å². The molecule has 0 aliphatic carbocycles. The van der Waals surface area contributed by atoms with Gasteiger partial charge in [-0.1, -0.05) is 26.7 Å². The number of phosphoric acid groups is 1. The van der Waals surface area contributed by atoms with Crippen molar-refractivity contribution >= 4 is 7.82 Å². The van der Waals surface area contributed by atoms with Crippen molar-refractivity contribution in [2.45, 2.75) is 39.5 Å². The summed E-state index contributed by atoms with van der Waals surface area (Å²) in [5, 5.41) is 9.27. The van der Waals surface area contributed by atoms with Gasteiger partial charge < -0.3 is 14.9 Å². The van der Waals surface area contributed by atoms with E-state index >= 15 is 0 Å². The van der Waals surface area contributed by atoms with Crippen molar-refractivity contribution in [2.75, 3.05) is 13.2 Å². The fourth-order valence-corrected chi connectivity index (χ4v) is 1.80. The first-order chi connectivity index (χ1) is 6.89. The molecule has 0 bridgehead atoms. The molecule has 0 saturated heterocycles. The van der Waals surface area contributed by atoms with Crippen molar-refractivity contribution in [1.82, 2.24) is 0 Å². The van der Waals surface area contributed by atoms with Gasteiger partial charge in [0.05, 0.1) is 13.2 Å². The van der Waals surface area contributed by atoms with E-state index in [0.29, 0.717) is 6.42 Å². The van der Waals surface area contributed by atoms with Crippen LogP contribution in [0.3, 0.4) is 0 Å². The van der Waals surface area contributed by atoms with Crippen LogP contribution in [0.5, 0.6) is 0 Å². The third-order valence-corrected chi connectivity index (χ3v) is 3.15. The van der Waals surface area contributed by atoms with Crippen molar-refractivity contribution in [2.24, 2.45) is 5.41 Å². The summed E-state index contributed by atoms with van der Waals surface area (Å²) in [6, 6.07) is 0. The Bertz CT molecular complexity index is 209. The summed E-state index contributed by atoms with van der Waals surface area (Å²) >= 11 is 0. The fraction of sp³-hybridized carbons (Fsp3) is 1.00. The van der Waals surface area contributed by atoms with Crippen LogP contribution in [0.1, 0.15) is 39.5 Å². The van der Waals surface area contributed by atoms with Crippen molar-refractivity contribution in [3.63, 3.8) is 0 Å². The summed E-state index contributed by atoms with van der Waals surface area (Å²) in [5.74, 6) is 0. The maximum absolute atomic E-state index is 10.6. The van der Waals surface area contributed by atoms with E-state index < -0.39 is 13.2 Å². The first kappa shape index (κ1) is 15.1. The molecule has 0 radical (unpaired) electrons. The van der Waals surface area contributed by atoms with Crippen LogP contribution < -0.4 is 0 Å². The second-order valence-electron chi connectivity index (χ2n) is 3.88. The van der Waals surface area contributed by atoms with Crippen LogP contribution in [0.25, 0.3) is 0 Å². The second kappa shape index (κ2) is 6.61. The smallest absolute Gasteiger partial charge is 0.396 e. The largest absolute Gasteiger partial charge is 0.469 e. The van der Waals surface area contributed by atoms with Crippen molar-refractivity contribution < 1.29 is 24.0 Å². The predicted octanol–water partition coefficient (Wildman–Crippen LogP) is 1.67. The van der Waals surface area contributed by atoms with Crippen LogP contribution in [0.15, 0.2) is 0 Å². The normalized spacial score (nSPS) is 16.3. The van der Waals surface area contributed by atoms with Crippen molar-refractivity contribution in [1.29, 1.82) is 0 Å². The predicted molar refractivity (Wildman–Crippen MR) is 57.3 cm³/mol. The van der Waals surface area contributed by atoms with E-state index in [0.717, 1.165) is 19.3 Å². The lowest BCUT2D eigenvalue weighted by atomic mass is 9.82. The topological polar surface area (TPSA) is 87.0 Å². The van der Waals surface area contributed by atoms with Gasteiger partial charge in [0.1, 0.15) is 0 Å². The minimum Gasteiger partial charge on any atom is -0.396 e. The Balaban J connectivity index is 4.29. The van der Waals surface area contributed by atoms with E-state index in [2.05, 4.69) is 4.52 Å². The minimum absolute atomic E-state index is 0.0930. The Morgan fingerprint density at radius 1 is 1.33 bits per heavy atom. The first-order valence-electron chi connectivity index (χ1n) is 5.20. The van der Waals surface area contributed by atoms with Gasteiger partial charge in [-0.3, -0.25) is 4.52 Å². The van der Waals surface area contributed by atoms with E-state index in [9.17, 15) is 9.67 Å². The zero-order valence-corrected chi connectivity index (χ0v) is 10.2. The molecular formula is C9H21O5P. The molecule has 0 aliphatic heterocycles. The van der Waals surface area contributed by atoms with Gasteiger partial charge in [-0.15, -0.1) is 0 Å². The summed E-state index contributed by atoms with van der Waals surface area (Å²) in [6.45, 7) is 3.71. The number of hydrogen-bond acceptors (Lipinski definition) is 3. The van der Waals surface area contributed by atoms with Gasteiger partial charge in [-0.05, 0) is 12.8 Å². The Morgan fingerprint density at radius 2 is 1.93 bits per heavy atom. The summed E-state index contributed by atoms with van der Waals surface area (Å²) in [5.41, 5.74) is -0.517. The Labute approximate surface area is 90.7 Å². The van der Waals surface area contributed by atoms with Crippen molar-refractivity contribution in [3.8, 4) is 0 Å². The monoisotopic (exact) mass is 240 g/mol. The highest BCUT2D eigenvalue weighted by Gasteiger charge is 2.30. The third kappa shape index (κ3) is 6.28. The SMILES string of the molecule is CCCCC(CC)(CO)COP(=O)(O)O. The van der Waals surface area contributed by atoms with Gasteiger partial charge in [0.2, 0.25) is 0 Å². The van der Waals surface area contributed by atoms with Crippen molar-refractivity contribution in [3.05, 3.63) is 0 Å². The molecule has 15 heavy (non-hydrogen) atoms. The quantitative estimate of drug-likeness (QED) is 0.562. The van der Waals surface area contributed by atoms with Gasteiger partial charge >= 0.3 is 7.82 Å². The highest BCUT2D eigenvalue weighted by atomic mass is 31.2. The molecule has 0 amide bonds. The maximum atomic E-state index is 10.6. The number of phosphoric ester groups is 1. The average Bonchev–Trinajstić information content (AvgIpc) is 2.18. The Hall–Kier alpha value is 0.0700. The van der Waals surface area contributed by atoms with Crippen LogP contribution in [-0.4, -0.2) is 28.1 Å². The van der Waals surface area contributed by atoms with E-state index in [1.165, 1.54) is 0 Å². The summed E-state index contributed by atoms with van der Waals surface area (Å²) in [4.78, 5) is 17.2. The standard InChI is InChI=1S/C9H21O5P/c1-3-5-6-9(4-2,7-10)8-14-15(11,12)13/h10H,3-8H2,1-2H3,(H2,11,12,13). The third-order valence-electron chi connectivity index (χ3n) is 2.68. The van der Waals surface area contributed by atoms with Gasteiger partial charge in [-0.2, -0.15) is 0 Å². The van der Waals surface area contributed by atoms with Crippen LogP contribution in [0, 0.1) is 5.41 Å². The number of aliphatic hydroxyl groups excluding tert-OH is 1. The highest BCUT2D eigenvalue weighted by molar-refractivity contribution is 7.46. The molecule has 0 aromatic carbocycles. The molecule has 0 spiro atoms. The van der Waals surface area contributed by atoms with Gasteiger partial charge in [0.25, 0.3) is 0 Å². The fourth-order valence-electron chi connectivity index (χ4n) is 1.36. The molecule has 0 saturated carbocycles. The molecule has 5 nitrogen and oxygen atoms in total. The molecule has 0 heterocycles. The Kier molecular flexibility index (Phi) is 6.64. The number of hydrogen-bond donors (Lipinski definition) is 3. The van der Waals surface area contributed by atoms with Crippen LogP contribution in [0.4, 0.5) is 0 Å². The minimum atomic E-state index is -4.43. The van der Waals surface area contributed by atoms with E-state index in [1.54, 1.807) is 0 Å². The number of unbranched alkanes of at least 4 members (excludes halogenated alkanes) is 1. The summed E-state index contributed by atoms with van der Waals surface area (Å²) < 4.78 is 15.1. The lowest BCUT2D eigenvalue weighted by Crippen LogP contribution is -2.30. The van der Waals surface area contributed by atoms with Crippen LogP contribution in [-0.2, 0) is 9.09 Å². The second-order valence-corrected chi connectivity index (χ2v) is 5.12.